The van der Waals surface area contributed by atoms with E-state index in [2.05, 4.69) is 14.5 Å². The van der Waals surface area contributed by atoms with Crippen LogP contribution < -0.4 is 14.8 Å². The molecule has 0 saturated heterocycles. The van der Waals surface area contributed by atoms with Crippen LogP contribution in [0.25, 0.3) is 67.1 Å². The summed E-state index contributed by atoms with van der Waals surface area (Å²) in [6.45, 7) is 3.67. The van der Waals surface area contributed by atoms with Crippen molar-refractivity contribution in [2.45, 2.75) is 89.5 Å². The van der Waals surface area contributed by atoms with Crippen LogP contribution in [0.1, 0.15) is 129 Å². The molecule has 2 heterocycles. The van der Waals surface area contributed by atoms with Crippen molar-refractivity contribution < 1.29 is 48.5 Å². The van der Waals surface area contributed by atoms with Gasteiger partial charge in [-0.25, -0.2) is 24.4 Å². The van der Waals surface area contributed by atoms with Crippen molar-refractivity contribution >= 4 is 76.2 Å². The number of ether oxygens (including phenoxy) is 2. The van der Waals surface area contributed by atoms with Crippen molar-refractivity contribution in [3.8, 4) is 56.5 Å². The van der Waals surface area contributed by atoms with E-state index >= 15 is 0 Å². The lowest BCUT2D eigenvalue weighted by molar-refractivity contribution is 0.0686. The van der Waals surface area contributed by atoms with Gasteiger partial charge in [0.25, 0.3) is 5.91 Å². The molecule has 0 unspecified atom stereocenters. The number of nitrogens with one attached hydrogen (secondary N) is 1. The summed E-state index contributed by atoms with van der Waals surface area (Å²) < 4.78 is 29.1. The molecule has 0 bridgehead atoms. The number of carboxylic acid groups (broad SMARTS) is 3. The minimum absolute atomic E-state index is 0.123. The van der Waals surface area contributed by atoms with E-state index in [-0.39, 0.29) is 42.1 Å². The van der Waals surface area contributed by atoms with Crippen LogP contribution in [0.4, 0.5) is 0 Å². The molecule has 2 aliphatic carbocycles. The van der Waals surface area contributed by atoms with Gasteiger partial charge in [0.2, 0.25) is 0 Å². The van der Waals surface area contributed by atoms with Gasteiger partial charge in [0.15, 0.2) is 0 Å². The molecule has 0 atom stereocenters. The van der Waals surface area contributed by atoms with Crippen molar-refractivity contribution in [2.24, 2.45) is 0 Å². The first kappa shape index (κ1) is 61.6. The Balaban J connectivity index is 0.000000185. The number of carbonyl (C=O) groups excluding carboxylic acids is 1. The van der Waals surface area contributed by atoms with Crippen molar-refractivity contribution in [2.75, 3.05) is 19.6 Å². The van der Waals surface area contributed by atoms with E-state index in [0.717, 1.165) is 119 Å². The van der Waals surface area contributed by atoms with Gasteiger partial charge in [0.05, 0.1) is 45.0 Å². The normalized spacial score (nSPS) is 13.8. The van der Waals surface area contributed by atoms with Gasteiger partial charge >= 0.3 is 17.9 Å². The van der Waals surface area contributed by atoms with E-state index in [4.69, 9.17) is 42.6 Å². The molecular formula is C71H66Cl2N5O10P. The highest BCUT2D eigenvalue weighted by Crippen LogP contribution is 2.40. The average Bonchev–Trinajstić information content (AvgIpc) is 3.86. The number of carboxylic acids is 3. The van der Waals surface area contributed by atoms with E-state index in [1.807, 2.05) is 109 Å². The Morgan fingerprint density at radius 2 is 0.843 bits per heavy atom. The summed E-state index contributed by atoms with van der Waals surface area (Å²) in [5.74, 6) is -0.329. The molecule has 2 aromatic heterocycles. The largest absolute Gasteiger partial charge is 0.489 e. The molecule has 18 heteroatoms. The second-order valence-electron chi connectivity index (χ2n) is 23.1. The van der Waals surface area contributed by atoms with Crippen LogP contribution in [-0.4, -0.2) is 77.9 Å². The number of hydrogen-bond donors (Lipinski definition) is 4. The number of carbonyl (C=O) groups is 4. The Kier molecular flexibility index (Phi) is 18.8. The van der Waals surface area contributed by atoms with Gasteiger partial charge in [-0.3, -0.25) is 4.79 Å². The fourth-order valence-corrected chi connectivity index (χ4v) is 12.7. The second-order valence-corrected chi connectivity index (χ2v) is 27.5. The van der Waals surface area contributed by atoms with Gasteiger partial charge in [0, 0.05) is 38.8 Å². The smallest absolute Gasteiger partial charge is 0.335 e. The van der Waals surface area contributed by atoms with Crippen LogP contribution in [-0.2, 0) is 17.8 Å². The SMILES string of the molecule is CP(C)(=O)CNC(=O)c1ccc(-c2ccc(Cl)cc2)c(COc2ccc(-c3nc4cc(C(=O)O)ccc4n3C3CCCCC3)cc2)c1.O=C(O)c1ccc(-c2ccc(Cl)cc2)c(COc2ccc(-c3nc4cc(C(=O)O)ccc4n3C3CCCCC3)cc2)c1. The maximum atomic E-state index is 12.9. The fourth-order valence-electron chi connectivity index (χ4n) is 11.9. The standard InChI is InChI=1S/C37H37ClN3O5P.C34H29ClN2O5/c1-47(2,45)23-39-36(42)26-12-18-32(24-8-14-29(38)15-9-24)28(20-26)22-46-31-16-10-25(11-17-31)35-40-33-21-27(37(43)44)13-19-34(33)41(35)30-6-4-3-5-7-30;35-26-12-6-21(7-13-26)29-16-10-23(33(38)39)18-25(29)20-42-28-14-8-22(9-15-28)32-36-30-19-24(34(40)41)11-17-31(30)37(32)27-4-2-1-3-5-27/h8-21,30H,3-7,22-23H2,1-2H3,(H,39,42)(H,43,44);6-19,27H,1-5,20H2,(H,38,39)(H,40,41). The van der Waals surface area contributed by atoms with E-state index < -0.39 is 25.0 Å². The van der Waals surface area contributed by atoms with Gasteiger partial charge in [-0.15, -0.1) is 0 Å². The van der Waals surface area contributed by atoms with Crippen molar-refractivity contribution in [3.63, 3.8) is 0 Å². The number of benzene rings is 8. The van der Waals surface area contributed by atoms with Gasteiger partial charge in [-0.1, -0.05) is 98.1 Å². The van der Waals surface area contributed by atoms with E-state index in [9.17, 15) is 39.1 Å². The monoisotopic (exact) mass is 1250 g/mol. The molecule has 1 amide bonds. The highest BCUT2D eigenvalue weighted by molar-refractivity contribution is 7.62. The zero-order chi connectivity index (χ0) is 62.3. The summed E-state index contributed by atoms with van der Waals surface area (Å²) in [6.07, 6.45) is 11.4. The van der Waals surface area contributed by atoms with Crippen LogP contribution >= 0.6 is 30.3 Å². The number of rotatable bonds is 18. The second kappa shape index (κ2) is 27.2. The molecule has 15 nitrogen and oxygen atoms in total. The topological polar surface area (TPSA) is 212 Å². The Bertz CT molecular complexity index is 4300. The third-order valence-electron chi connectivity index (χ3n) is 16.4. The Hall–Kier alpha value is -9.01. The number of hydrogen-bond acceptors (Lipinski definition) is 9. The average molecular weight is 1250 g/mol. The first-order chi connectivity index (χ1) is 42.9. The lowest BCUT2D eigenvalue weighted by atomic mass is 9.95. The number of halogens is 2. The van der Waals surface area contributed by atoms with Crippen LogP contribution in [0, 0.1) is 0 Å². The molecule has 0 spiro atoms. The summed E-state index contributed by atoms with van der Waals surface area (Å²) in [5, 5.41) is 32.6. The predicted octanol–water partition coefficient (Wildman–Crippen LogP) is 17.6. The van der Waals surface area contributed by atoms with Gasteiger partial charge < -0.3 is 43.8 Å². The maximum Gasteiger partial charge on any atom is 0.335 e. The fraction of sp³-hybridized carbons (Fsp3) is 0.239. The highest BCUT2D eigenvalue weighted by Gasteiger charge is 2.26. The van der Waals surface area contributed by atoms with Gasteiger partial charge in [0.1, 0.15) is 43.5 Å². The molecule has 12 rings (SSSR count). The molecule has 2 aliphatic rings. The zero-order valence-electron chi connectivity index (χ0n) is 49.2. The molecule has 0 radical (unpaired) electrons. The van der Waals surface area contributed by atoms with Crippen molar-refractivity contribution in [1.82, 2.24) is 24.4 Å². The minimum Gasteiger partial charge on any atom is -0.489 e. The summed E-state index contributed by atoms with van der Waals surface area (Å²) in [5.41, 5.74) is 11.3. The van der Waals surface area contributed by atoms with E-state index in [1.165, 1.54) is 12.8 Å². The first-order valence-corrected chi connectivity index (χ1v) is 33.3. The number of nitrogens with zero attached hydrogens (tertiary/aromatic N) is 4. The number of amides is 1. The molecule has 89 heavy (non-hydrogen) atoms. The molecule has 8 aromatic carbocycles. The molecule has 454 valence electrons. The van der Waals surface area contributed by atoms with Gasteiger partial charge in [-0.2, -0.15) is 0 Å². The number of aromatic nitrogens is 4. The number of fused-ring (bicyclic) bond motifs is 2. The molecule has 2 saturated carbocycles. The third-order valence-corrected chi connectivity index (χ3v) is 17.8. The number of imidazole rings is 2. The maximum absolute atomic E-state index is 12.9. The molecule has 4 N–H and O–H groups in total. The van der Waals surface area contributed by atoms with Crippen molar-refractivity contribution in [3.05, 3.63) is 213 Å². The first-order valence-electron chi connectivity index (χ1n) is 29.7. The summed E-state index contributed by atoms with van der Waals surface area (Å²) in [7, 11) is -2.42. The van der Waals surface area contributed by atoms with E-state index in [0.29, 0.717) is 50.2 Å². The zero-order valence-corrected chi connectivity index (χ0v) is 51.6. The summed E-state index contributed by atoms with van der Waals surface area (Å²) >= 11 is 12.2. The lowest BCUT2D eigenvalue weighted by Crippen LogP contribution is -2.24. The third kappa shape index (κ3) is 14.6. The Morgan fingerprint density at radius 3 is 1.24 bits per heavy atom. The van der Waals surface area contributed by atoms with Gasteiger partial charge in [-0.05, 0) is 206 Å². The van der Waals surface area contributed by atoms with Crippen LogP contribution in [0.5, 0.6) is 11.5 Å². The van der Waals surface area contributed by atoms with Crippen molar-refractivity contribution in [1.29, 1.82) is 0 Å². The quantitative estimate of drug-likeness (QED) is 0.0591. The van der Waals surface area contributed by atoms with Crippen LogP contribution in [0.2, 0.25) is 10.0 Å². The minimum atomic E-state index is -2.42. The highest BCUT2D eigenvalue weighted by atomic mass is 35.5. The number of aromatic carboxylic acids is 3. The summed E-state index contributed by atoms with van der Waals surface area (Å²) in [4.78, 5) is 57.6. The van der Waals surface area contributed by atoms with Crippen LogP contribution in [0.15, 0.2) is 170 Å². The Morgan fingerprint density at radius 1 is 0.483 bits per heavy atom. The molecule has 10 aromatic rings. The lowest BCUT2D eigenvalue weighted by Gasteiger charge is -2.25. The van der Waals surface area contributed by atoms with Crippen LogP contribution in [0.3, 0.4) is 0 Å². The molecular weight excluding hydrogens is 1180 g/mol. The summed E-state index contributed by atoms with van der Waals surface area (Å²) in [6, 6.07) is 51.7. The molecule has 2 fully saturated rings. The van der Waals surface area contributed by atoms with E-state index in [1.54, 1.807) is 74.0 Å². The predicted molar refractivity (Wildman–Crippen MR) is 350 cm³/mol. The molecule has 0 aliphatic heterocycles. The Labute approximate surface area is 525 Å².